The van der Waals surface area contributed by atoms with E-state index in [1.54, 1.807) is 6.92 Å². The summed E-state index contributed by atoms with van der Waals surface area (Å²) in [5.74, 6) is -0.296. The maximum Gasteiger partial charge on any atom is 0.311 e. The van der Waals surface area contributed by atoms with Crippen molar-refractivity contribution in [3.05, 3.63) is 76.1 Å². The van der Waals surface area contributed by atoms with Gasteiger partial charge in [0.15, 0.2) is 0 Å². The molecular weight excluding hydrogens is 362 g/mol. The topological polar surface area (TPSA) is 67.3 Å². The molecule has 27 heavy (non-hydrogen) atoms. The molecule has 0 unspecified atom stereocenters. The molecule has 0 bridgehead atoms. The Labute approximate surface area is 162 Å². The number of aromatic amines is 1. The summed E-state index contributed by atoms with van der Waals surface area (Å²) in [4.78, 5) is 16.8. The molecule has 2 aromatic carbocycles. The van der Waals surface area contributed by atoms with Gasteiger partial charge in [0, 0.05) is 21.7 Å². The Morgan fingerprint density at radius 1 is 1.19 bits per heavy atom. The number of nitrogens with one attached hydrogen (secondary N) is 1. The number of esters is 1. The van der Waals surface area contributed by atoms with Gasteiger partial charge in [0.05, 0.1) is 36.7 Å². The highest BCUT2D eigenvalue weighted by molar-refractivity contribution is 6.31. The standard InChI is InChI=1S/C21H18ClN3O2/c1-2-27-19(26)11-17-20-15-9-8-14(22)10-16(15)21(13-6-4-3-5-7-13)23-12-18(20)25-24-17/h3-10H,2,11-12H2,1H3,(H,24,25). The molecule has 0 amide bonds. The van der Waals surface area contributed by atoms with Crippen LogP contribution in [0.25, 0.3) is 11.1 Å². The van der Waals surface area contributed by atoms with Gasteiger partial charge in [0.1, 0.15) is 0 Å². The van der Waals surface area contributed by atoms with E-state index in [1.807, 2.05) is 48.5 Å². The SMILES string of the molecule is CCOC(=O)Cc1n[nH]c2c1-c1ccc(Cl)cc1C(c1ccccc1)=NC2. The molecule has 3 aromatic rings. The molecule has 5 nitrogen and oxygen atoms in total. The number of carbonyl (C=O) groups excluding carboxylic acids is 1. The summed E-state index contributed by atoms with van der Waals surface area (Å²) in [5.41, 5.74) is 6.23. The van der Waals surface area contributed by atoms with Gasteiger partial charge in [-0.05, 0) is 24.6 Å². The second-order valence-corrected chi connectivity index (χ2v) is 6.66. The normalized spacial score (nSPS) is 12.6. The van der Waals surface area contributed by atoms with Crippen molar-refractivity contribution >= 4 is 23.3 Å². The molecule has 0 atom stereocenters. The lowest BCUT2D eigenvalue weighted by atomic mass is 9.92. The number of hydrogen-bond acceptors (Lipinski definition) is 4. The number of aliphatic imine (C=N–C) groups is 1. The third kappa shape index (κ3) is 3.38. The second kappa shape index (κ2) is 7.37. The number of ether oxygens (including phenoxy) is 1. The smallest absolute Gasteiger partial charge is 0.311 e. The Kier molecular flexibility index (Phi) is 4.77. The summed E-state index contributed by atoms with van der Waals surface area (Å²) in [6, 6.07) is 15.7. The van der Waals surface area contributed by atoms with Crippen LogP contribution in [-0.2, 0) is 22.5 Å². The van der Waals surface area contributed by atoms with E-state index in [1.165, 1.54) is 0 Å². The molecule has 1 N–H and O–H groups in total. The number of fused-ring (bicyclic) bond motifs is 3. The van der Waals surface area contributed by atoms with E-state index < -0.39 is 0 Å². The minimum atomic E-state index is -0.296. The number of aromatic nitrogens is 2. The van der Waals surface area contributed by atoms with Crippen molar-refractivity contribution in [2.75, 3.05) is 6.61 Å². The van der Waals surface area contributed by atoms with E-state index >= 15 is 0 Å². The molecule has 1 aromatic heterocycles. The quantitative estimate of drug-likeness (QED) is 0.691. The summed E-state index contributed by atoms with van der Waals surface area (Å²) in [7, 11) is 0. The van der Waals surface area contributed by atoms with Crippen LogP contribution >= 0.6 is 11.6 Å². The van der Waals surface area contributed by atoms with E-state index in [0.29, 0.717) is 23.9 Å². The molecule has 0 radical (unpaired) electrons. The first-order valence-electron chi connectivity index (χ1n) is 8.79. The molecular formula is C21H18ClN3O2. The fourth-order valence-corrected chi connectivity index (χ4v) is 3.52. The number of carbonyl (C=O) groups is 1. The number of hydrogen-bond donors (Lipinski definition) is 1. The van der Waals surface area contributed by atoms with Gasteiger partial charge in [-0.2, -0.15) is 5.10 Å². The lowest BCUT2D eigenvalue weighted by molar-refractivity contribution is -0.142. The van der Waals surface area contributed by atoms with Crippen LogP contribution in [0.5, 0.6) is 0 Å². The first kappa shape index (κ1) is 17.5. The highest BCUT2D eigenvalue weighted by Gasteiger charge is 2.25. The fraction of sp³-hybridized carbons (Fsp3) is 0.190. The lowest BCUT2D eigenvalue weighted by Gasteiger charge is -2.12. The predicted octanol–water partition coefficient (Wildman–Crippen LogP) is 4.19. The van der Waals surface area contributed by atoms with Crippen molar-refractivity contribution in [2.24, 2.45) is 4.99 Å². The lowest BCUT2D eigenvalue weighted by Crippen LogP contribution is -2.09. The van der Waals surface area contributed by atoms with Crippen LogP contribution in [0.4, 0.5) is 0 Å². The van der Waals surface area contributed by atoms with Gasteiger partial charge < -0.3 is 4.74 Å². The molecule has 4 rings (SSSR count). The summed E-state index contributed by atoms with van der Waals surface area (Å²) in [5, 5.41) is 8.03. The third-order valence-electron chi connectivity index (χ3n) is 4.48. The van der Waals surface area contributed by atoms with Crippen molar-refractivity contribution in [2.45, 2.75) is 19.9 Å². The van der Waals surface area contributed by atoms with E-state index in [-0.39, 0.29) is 12.4 Å². The van der Waals surface area contributed by atoms with E-state index in [2.05, 4.69) is 10.2 Å². The Morgan fingerprint density at radius 2 is 2.00 bits per heavy atom. The average Bonchev–Trinajstić information content (AvgIpc) is 2.98. The Hall–Kier alpha value is -2.92. The van der Waals surface area contributed by atoms with E-state index in [0.717, 1.165) is 33.7 Å². The second-order valence-electron chi connectivity index (χ2n) is 6.23. The number of nitrogens with zero attached hydrogens (tertiary/aromatic N) is 2. The van der Waals surface area contributed by atoms with Gasteiger partial charge in [0.2, 0.25) is 0 Å². The Balaban J connectivity index is 1.86. The van der Waals surface area contributed by atoms with E-state index in [9.17, 15) is 4.79 Å². The van der Waals surface area contributed by atoms with Gasteiger partial charge in [-0.3, -0.25) is 14.9 Å². The van der Waals surface area contributed by atoms with Crippen LogP contribution in [0.15, 0.2) is 53.5 Å². The van der Waals surface area contributed by atoms with Gasteiger partial charge in [-0.1, -0.05) is 48.0 Å². The van der Waals surface area contributed by atoms with Crippen LogP contribution in [0.3, 0.4) is 0 Å². The summed E-state index contributed by atoms with van der Waals surface area (Å²) >= 11 is 6.30. The zero-order valence-electron chi connectivity index (χ0n) is 14.8. The van der Waals surface area contributed by atoms with Crippen LogP contribution < -0.4 is 0 Å². The van der Waals surface area contributed by atoms with Crippen LogP contribution in [-0.4, -0.2) is 28.5 Å². The predicted molar refractivity (Wildman–Crippen MR) is 105 cm³/mol. The van der Waals surface area contributed by atoms with Gasteiger partial charge in [-0.25, -0.2) is 0 Å². The maximum atomic E-state index is 12.0. The molecule has 136 valence electrons. The molecule has 6 heteroatoms. The van der Waals surface area contributed by atoms with Crippen LogP contribution in [0.2, 0.25) is 5.02 Å². The summed E-state index contributed by atoms with van der Waals surface area (Å²) < 4.78 is 5.09. The van der Waals surface area contributed by atoms with Gasteiger partial charge in [-0.15, -0.1) is 0 Å². The summed E-state index contributed by atoms with van der Waals surface area (Å²) in [6.07, 6.45) is 0.114. The van der Waals surface area contributed by atoms with Crippen molar-refractivity contribution < 1.29 is 9.53 Å². The summed E-state index contributed by atoms with van der Waals surface area (Å²) in [6.45, 7) is 2.58. The molecule has 1 aliphatic heterocycles. The molecule has 0 aliphatic carbocycles. The van der Waals surface area contributed by atoms with Crippen molar-refractivity contribution in [1.29, 1.82) is 0 Å². The zero-order valence-corrected chi connectivity index (χ0v) is 15.6. The van der Waals surface area contributed by atoms with E-state index in [4.69, 9.17) is 21.3 Å². The van der Waals surface area contributed by atoms with Crippen molar-refractivity contribution in [3.8, 4) is 11.1 Å². The minimum Gasteiger partial charge on any atom is -0.466 e. The highest BCUT2D eigenvalue weighted by atomic mass is 35.5. The molecule has 0 spiro atoms. The average molecular weight is 380 g/mol. The Morgan fingerprint density at radius 3 is 2.78 bits per heavy atom. The van der Waals surface area contributed by atoms with Crippen LogP contribution in [0.1, 0.15) is 29.4 Å². The Bertz CT molecular complexity index is 1030. The molecule has 1 aliphatic rings. The van der Waals surface area contributed by atoms with Crippen molar-refractivity contribution in [1.82, 2.24) is 10.2 Å². The monoisotopic (exact) mass is 379 g/mol. The molecule has 0 fully saturated rings. The number of halogens is 1. The zero-order chi connectivity index (χ0) is 18.8. The van der Waals surface area contributed by atoms with Gasteiger partial charge in [0.25, 0.3) is 0 Å². The fourth-order valence-electron chi connectivity index (χ4n) is 3.35. The maximum absolute atomic E-state index is 12.0. The molecule has 0 saturated heterocycles. The number of rotatable bonds is 4. The highest BCUT2D eigenvalue weighted by Crippen LogP contribution is 2.35. The van der Waals surface area contributed by atoms with Crippen LogP contribution in [0, 0.1) is 0 Å². The number of benzene rings is 2. The third-order valence-corrected chi connectivity index (χ3v) is 4.72. The number of H-pyrrole nitrogens is 1. The minimum absolute atomic E-state index is 0.114. The first-order chi connectivity index (χ1) is 13.2. The van der Waals surface area contributed by atoms with Crippen molar-refractivity contribution in [3.63, 3.8) is 0 Å². The molecule has 0 saturated carbocycles. The molecule has 2 heterocycles. The van der Waals surface area contributed by atoms with Gasteiger partial charge >= 0.3 is 5.97 Å². The largest absolute Gasteiger partial charge is 0.466 e. The first-order valence-corrected chi connectivity index (χ1v) is 9.17.